The van der Waals surface area contributed by atoms with E-state index in [1.54, 1.807) is 23.0 Å². The van der Waals surface area contributed by atoms with Crippen LogP contribution in [0.4, 0.5) is 4.39 Å². The zero-order valence-corrected chi connectivity index (χ0v) is 11.8. The van der Waals surface area contributed by atoms with Crippen LogP contribution in [0.15, 0.2) is 30.5 Å². The summed E-state index contributed by atoms with van der Waals surface area (Å²) < 4.78 is 15.8. The molecule has 1 N–H and O–H groups in total. The van der Waals surface area contributed by atoms with Gasteiger partial charge in [0.1, 0.15) is 5.82 Å². The molecule has 1 aromatic carbocycles. The van der Waals surface area contributed by atoms with E-state index in [4.69, 9.17) is 11.6 Å². The van der Waals surface area contributed by atoms with Crippen molar-refractivity contribution in [2.24, 2.45) is 7.05 Å². The van der Waals surface area contributed by atoms with Crippen LogP contribution < -0.4 is 5.32 Å². The van der Waals surface area contributed by atoms with Crippen LogP contribution in [0.2, 0.25) is 5.02 Å². The molecule has 0 fully saturated rings. The van der Waals surface area contributed by atoms with Gasteiger partial charge in [-0.15, -0.1) is 0 Å². The Morgan fingerprint density at radius 3 is 2.79 bits per heavy atom. The monoisotopic (exact) mass is 281 g/mol. The van der Waals surface area contributed by atoms with E-state index in [-0.39, 0.29) is 11.9 Å². The molecule has 5 heteroatoms. The maximum absolute atomic E-state index is 14.1. The third-order valence-electron chi connectivity index (χ3n) is 3.03. The van der Waals surface area contributed by atoms with E-state index in [0.29, 0.717) is 10.6 Å². The molecule has 0 saturated carbocycles. The second kappa shape index (κ2) is 6.17. The molecule has 0 spiro atoms. The Hall–Kier alpha value is -1.39. The second-order valence-corrected chi connectivity index (χ2v) is 4.87. The van der Waals surface area contributed by atoms with E-state index >= 15 is 0 Å². The van der Waals surface area contributed by atoms with Gasteiger partial charge in [0, 0.05) is 23.8 Å². The summed E-state index contributed by atoms with van der Waals surface area (Å²) in [5, 5.41) is 7.90. The number of aromatic nitrogens is 2. The summed E-state index contributed by atoms with van der Waals surface area (Å²) in [4.78, 5) is 0. The minimum Gasteiger partial charge on any atom is -0.305 e. The summed E-state index contributed by atoms with van der Waals surface area (Å²) in [5.41, 5.74) is 1.51. The summed E-state index contributed by atoms with van der Waals surface area (Å²) in [6, 6.07) is 6.44. The van der Waals surface area contributed by atoms with Gasteiger partial charge in [-0.1, -0.05) is 24.6 Å². The van der Waals surface area contributed by atoms with Crippen molar-refractivity contribution in [3.05, 3.63) is 52.6 Å². The minimum absolute atomic E-state index is 0.218. The van der Waals surface area contributed by atoms with Crippen LogP contribution >= 0.6 is 11.6 Å². The van der Waals surface area contributed by atoms with Gasteiger partial charge in [0.2, 0.25) is 0 Å². The maximum Gasteiger partial charge on any atom is 0.129 e. The molecule has 102 valence electrons. The molecule has 19 heavy (non-hydrogen) atoms. The van der Waals surface area contributed by atoms with Gasteiger partial charge < -0.3 is 5.32 Å². The number of benzene rings is 1. The average Bonchev–Trinajstić information content (AvgIpc) is 2.78. The van der Waals surface area contributed by atoms with Crippen molar-refractivity contribution in [3.8, 4) is 0 Å². The smallest absolute Gasteiger partial charge is 0.129 e. The summed E-state index contributed by atoms with van der Waals surface area (Å²) in [6.45, 7) is 2.88. The van der Waals surface area contributed by atoms with E-state index in [1.807, 2.05) is 13.1 Å². The van der Waals surface area contributed by atoms with Crippen molar-refractivity contribution in [1.29, 1.82) is 0 Å². The van der Waals surface area contributed by atoms with E-state index in [2.05, 4.69) is 17.3 Å². The molecular formula is C14H17ClFN3. The van der Waals surface area contributed by atoms with Gasteiger partial charge in [-0.05, 0) is 31.2 Å². The Morgan fingerprint density at radius 1 is 1.42 bits per heavy atom. The quantitative estimate of drug-likeness (QED) is 0.911. The number of aryl methyl sites for hydroxylation is 1. The molecule has 1 atom stereocenters. The van der Waals surface area contributed by atoms with Crippen LogP contribution in [-0.4, -0.2) is 16.3 Å². The molecule has 0 saturated heterocycles. The average molecular weight is 282 g/mol. The summed E-state index contributed by atoms with van der Waals surface area (Å²) in [5.74, 6) is -0.303. The zero-order valence-electron chi connectivity index (χ0n) is 11.0. The highest BCUT2D eigenvalue weighted by molar-refractivity contribution is 6.30. The third-order valence-corrected chi connectivity index (χ3v) is 3.26. The van der Waals surface area contributed by atoms with Crippen molar-refractivity contribution in [2.45, 2.75) is 19.4 Å². The van der Waals surface area contributed by atoms with Crippen molar-refractivity contribution in [2.75, 3.05) is 6.54 Å². The number of hydrogen-bond donors (Lipinski definition) is 1. The SMILES string of the molecule is CCCNC(c1ccc(Cl)cc1F)c1ccnn1C. The first-order valence-electron chi connectivity index (χ1n) is 6.29. The maximum atomic E-state index is 14.1. The first-order valence-corrected chi connectivity index (χ1v) is 6.67. The predicted molar refractivity (Wildman–Crippen MR) is 74.8 cm³/mol. The van der Waals surface area contributed by atoms with E-state index < -0.39 is 0 Å². The lowest BCUT2D eigenvalue weighted by Crippen LogP contribution is -2.26. The third kappa shape index (κ3) is 3.14. The summed E-state index contributed by atoms with van der Waals surface area (Å²) in [6.07, 6.45) is 2.69. The molecule has 1 aromatic heterocycles. The van der Waals surface area contributed by atoms with E-state index in [1.165, 1.54) is 6.07 Å². The first kappa shape index (κ1) is 14.0. The fraction of sp³-hybridized carbons (Fsp3) is 0.357. The molecular weight excluding hydrogens is 265 g/mol. The van der Waals surface area contributed by atoms with Crippen molar-refractivity contribution in [1.82, 2.24) is 15.1 Å². The summed E-state index contributed by atoms with van der Waals surface area (Å²) in [7, 11) is 1.85. The van der Waals surface area contributed by atoms with Gasteiger partial charge in [-0.2, -0.15) is 5.10 Å². The Kier molecular flexibility index (Phi) is 4.56. The van der Waals surface area contributed by atoms with Crippen LogP contribution in [0.1, 0.15) is 30.6 Å². The topological polar surface area (TPSA) is 29.9 Å². The lowest BCUT2D eigenvalue weighted by atomic mass is 10.0. The van der Waals surface area contributed by atoms with Crippen LogP contribution in [0.3, 0.4) is 0 Å². The zero-order chi connectivity index (χ0) is 13.8. The van der Waals surface area contributed by atoms with Gasteiger partial charge in [-0.3, -0.25) is 4.68 Å². The number of halogens is 2. The number of nitrogens with one attached hydrogen (secondary N) is 1. The molecule has 0 aliphatic carbocycles. The minimum atomic E-state index is -0.303. The van der Waals surface area contributed by atoms with Gasteiger partial charge in [-0.25, -0.2) is 4.39 Å². The van der Waals surface area contributed by atoms with Gasteiger partial charge in [0.15, 0.2) is 0 Å². The first-order chi connectivity index (χ1) is 9.13. The van der Waals surface area contributed by atoms with E-state index in [0.717, 1.165) is 18.7 Å². The van der Waals surface area contributed by atoms with Gasteiger partial charge in [0.25, 0.3) is 0 Å². The predicted octanol–water partition coefficient (Wildman–Crippen LogP) is 3.30. The van der Waals surface area contributed by atoms with Gasteiger partial charge >= 0.3 is 0 Å². The molecule has 1 unspecified atom stereocenters. The van der Waals surface area contributed by atoms with Crippen molar-refractivity contribution < 1.29 is 4.39 Å². The molecule has 2 aromatic rings. The van der Waals surface area contributed by atoms with Crippen LogP contribution in [0.25, 0.3) is 0 Å². The highest BCUT2D eigenvalue weighted by atomic mass is 35.5. The van der Waals surface area contributed by atoms with E-state index in [9.17, 15) is 4.39 Å². The standard InChI is InChI=1S/C14H17ClFN3/c1-3-7-17-14(13-6-8-18-19(13)2)11-5-4-10(15)9-12(11)16/h4-6,8-9,14,17H,3,7H2,1-2H3. The molecule has 1 heterocycles. The van der Waals surface area contributed by atoms with Gasteiger partial charge in [0.05, 0.1) is 11.7 Å². The van der Waals surface area contributed by atoms with Crippen molar-refractivity contribution >= 4 is 11.6 Å². The lowest BCUT2D eigenvalue weighted by molar-refractivity contribution is 0.520. The highest BCUT2D eigenvalue weighted by Crippen LogP contribution is 2.26. The molecule has 0 bridgehead atoms. The van der Waals surface area contributed by atoms with Crippen LogP contribution in [0.5, 0.6) is 0 Å². The summed E-state index contributed by atoms with van der Waals surface area (Å²) >= 11 is 5.80. The number of rotatable bonds is 5. The van der Waals surface area contributed by atoms with Crippen molar-refractivity contribution in [3.63, 3.8) is 0 Å². The number of hydrogen-bond acceptors (Lipinski definition) is 2. The Labute approximate surface area is 117 Å². The molecule has 2 rings (SSSR count). The fourth-order valence-corrected chi connectivity index (χ4v) is 2.22. The van der Waals surface area contributed by atoms with Crippen LogP contribution in [0, 0.1) is 5.82 Å². The largest absolute Gasteiger partial charge is 0.305 e. The molecule has 3 nitrogen and oxygen atoms in total. The number of nitrogens with zero attached hydrogens (tertiary/aromatic N) is 2. The Morgan fingerprint density at radius 2 is 2.21 bits per heavy atom. The Bertz CT molecular complexity index is 553. The molecule has 0 amide bonds. The Balaban J connectivity index is 2.40. The molecule has 0 aliphatic heterocycles. The molecule has 0 radical (unpaired) electrons. The molecule has 0 aliphatic rings. The van der Waals surface area contributed by atoms with Crippen LogP contribution in [-0.2, 0) is 7.05 Å². The fourth-order valence-electron chi connectivity index (χ4n) is 2.07. The second-order valence-electron chi connectivity index (χ2n) is 4.43. The highest BCUT2D eigenvalue weighted by Gasteiger charge is 2.20. The normalized spacial score (nSPS) is 12.6. The lowest BCUT2D eigenvalue weighted by Gasteiger charge is -2.20.